The van der Waals surface area contributed by atoms with Crippen LogP contribution in [0.1, 0.15) is 32.8 Å². The monoisotopic (exact) mass is 494 g/mol. The summed E-state index contributed by atoms with van der Waals surface area (Å²) in [6, 6.07) is 14.2. The van der Waals surface area contributed by atoms with E-state index in [1.807, 2.05) is 51.1 Å². The van der Waals surface area contributed by atoms with Crippen molar-refractivity contribution in [1.29, 1.82) is 0 Å². The van der Waals surface area contributed by atoms with Gasteiger partial charge in [-0.2, -0.15) is 0 Å². The number of nitrogens with zero attached hydrogens (tertiary/aromatic N) is 1. The molecule has 7 heteroatoms. The zero-order chi connectivity index (χ0) is 22.1. The molecule has 30 heavy (non-hydrogen) atoms. The molecule has 0 radical (unpaired) electrons. The predicted molar refractivity (Wildman–Crippen MR) is 124 cm³/mol. The minimum Gasteiger partial charge on any atom is -0.483 e. The third-order valence-corrected chi connectivity index (χ3v) is 5.37. The van der Waals surface area contributed by atoms with E-state index in [1.54, 1.807) is 23.1 Å². The van der Waals surface area contributed by atoms with Crippen molar-refractivity contribution >= 4 is 39.3 Å². The molecule has 0 heterocycles. The average molecular weight is 496 g/mol. The molecular weight excluding hydrogens is 468 g/mol. The van der Waals surface area contributed by atoms with Crippen LogP contribution >= 0.6 is 27.5 Å². The highest BCUT2D eigenvalue weighted by atomic mass is 79.9. The van der Waals surface area contributed by atoms with E-state index in [9.17, 15) is 9.59 Å². The number of amides is 2. The Hall–Kier alpha value is -2.05. The second-order valence-electron chi connectivity index (χ2n) is 7.43. The van der Waals surface area contributed by atoms with Gasteiger partial charge in [0.15, 0.2) is 6.61 Å². The van der Waals surface area contributed by atoms with Gasteiger partial charge in [-0.1, -0.05) is 62.7 Å². The minimum atomic E-state index is -0.575. The van der Waals surface area contributed by atoms with Gasteiger partial charge in [0, 0.05) is 18.1 Å². The first-order chi connectivity index (χ1) is 14.3. The van der Waals surface area contributed by atoms with Gasteiger partial charge in [0.05, 0.1) is 4.47 Å². The molecule has 0 aliphatic carbocycles. The third kappa shape index (κ3) is 7.33. The summed E-state index contributed by atoms with van der Waals surface area (Å²) < 4.78 is 6.38. The molecule has 0 aliphatic heterocycles. The van der Waals surface area contributed by atoms with Gasteiger partial charge in [-0.25, -0.2) is 0 Å². The number of hydrogen-bond donors (Lipinski definition) is 1. The van der Waals surface area contributed by atoms with Crippen molar-refractivity contribution in [2.75, 3.05) is 13.2 Å². The van der Waals surface area contributed by atoms with E-state index < -0.39 is 6.04 Å². The highest BCUT2D eigenvalue weighted by Crippen LogP contribution is 2.28. The predicted octanol–water partition coefficient (Wildman–Crippen LogP) is 5.06. The van der Waals surface area contributed by atoms with E-state index in [1.165, 1.54) is 0 Å². The molecular formula is C23H28BrClN2O3. The number of hydrogen-bond acceptors (Lipinski definition) is 3. The maximum atomic E-state index is 13.1. The summed E-state index contributed by atoms with van der Waals surface area (Å²) in [6.07, 6.45) is 0.507. The second kappa shape index (κ2) is 12.0. The Morgan fingerprint density at radius 2 is 1.87 bits per heavy atom. The number of carbonyl (C=O) groups excluding carboxylic acids is 2. The number of nitrogens with one attached hydrogen (secondary N) is 1. The smallest absolute Gasteiger partial charge is 0.261 e. The van der Waals surface area contributed by atoms with Gasteiger partial charge in [-0.15, -0.1) is 0 Å². The molecule has 0 saturated carbocycles. The fourth-order valence-electron chi connectivity index (χ4n) is 2.94. The zero-order valence-corrected chi connectivity index (χ0v) is 19.9. The summed E-state index contributed by atoms with van der Waals surface area (Å²) in [5.74, 6) is 0.440. The fourth-order valence-corrected chi connectivity index (χ4v) is 3.73. The van der Waals surface area contributed by atoms with E-state index in [4.69, 9.17) is 16.3 Å². The van der Waals surface area contributed by atoms with Crippen LogP contribution in [0.5, 0.6) is 5.75 Å². The normalized spacial score (nSPS) is 11.8. The molecule has 0 saturated heterocycles. The molecule has 162 valence electrons. The lowest BCUT2D eigenvalue weighted by molar-refractivity contribution is -0.143. The molecule has 0 aromatic heterocycles. The van der Waals surface area contributed by atoms with Crippen LogP contribution < -0.4 is 10.1 Å². The Morgan fingerprint density at radius 1 is 1.17 bits per heavy atom. The number of halogens is 2. The molecule has 0 aliphatic rings. The van der Waals surface area contributed by atoms with Crippen LogP contribution in [0.2, 0.25) is 5.02 Å². The zero-order valence-electron chi connectivity index (χ0n) is 17.5. The van der Waals surface area contributed by atoms with Crippen LogP contribution in [0.3, 0.4) is 0 Å². The van der Waals surface area contributed by atoms with Crippen molar-refractivity contribution in [3.05, 3.63) is 63.6 Å². The number of rotatable bonds is 10. The van der Waals surface area contributed by atoms with E-state index in [2.05, 4.69) is 21.2 Å². The molecule has 2 amide bonds. The molecule has 2 aromatic rings. The Bertz CT molecular complexity index is 846. The van der Waals surface area contributed by atoms with Crippen LogP contribution in [0.4, 0.5) is 0 Å². The fraction of sp³-hybridized carbons (Fsp3) is 0.391. The van der Waals surface area contributed by atoms with Gasteiger partial charge >= 0.3 is 0 Å². The van der Waals surface area contributed by atoms with Gasteiger partial charge in [0.25, 0.3) is 5.91 Å². The van der Waals surface area contributed by atoms with Gasteiger partial charge in [-0.05, 0) is 52.0 Å². The lowest BCUT2D eigenvalue weighted by atomic mass is 10.1. The van der Waals surface area contributed by atoms with Gasteiger partial charge < -0.3 is 15.0 Å². The van der Waals surface area contributed by atoms with Crippen molar-refractivity contribution in [2.24, 2.45) is 5.92 Å². The summed E-state index contributed by atoms with van der Waals surface area (Å²) in [6.45, 7) is 6.69. The Morgan fingerprint density at radius 3 is 2.47 bits per heavy atom. The molecule has 0 unspecified atom stereocenters. The first-order valence-electron chi connectivity index (χ1n) is 10.0. The summed E-state index contributed by atoms with van der Waals surface area (Å²) >= 11 is 9.35. The molecule has 1 atom stereocenters. The first-order valence-corrected chi connectivity index (χ1v) is 11.2. The molecule has 5 nitrogen and oxygen atoms in total. The van der Waals surface area contributed by atoms with E-state index in [0.29, 0.717) is 40.7 Å². The third-order valence-electron chi connectivity index (χ3n) is 4.51. The number of ether oxygens (including phenoxy) is 1. The molecule has 2 aromatic carbocycles. The van der Waals surface area contributed by atoms with E-state index in [-0.39, 0.29) is 18.4 Å². The topological polar surface area (TPSA) is 58.6 Å². The standard InChI is InChI=1S/C23H28BrClN2O3/c1-4-20(23(29)26-13-16(2)3)27(14-17-8-6-5-7-9-17)22(28)15-30-21-11-10-18(25)12-19(21)24/h5-12,16,20H,4,13-15H2,1-3H3,(H,26,29)/t20-/m1/s1. The summed E-state index contributed by atoms with van der Waals surface area (Å²) in [5, 5.41) is 3.52. The van der Waals surface area contributed by atoms with Crippen molar-refractivity contribution < 1.29 is 14.3 Å². The SMILES string of the molecule is CC[C@H](C(=O)NCC(C)C)N(Cc1ccccc1)C(=O)COc1ccc(Cl)cc1Br. The van der Waals surface area contributed by atoms with Crippen LogP contribution in [0.15, 0.2) is 53.0 Å². The number of carbonyl (C=O) groups is 2. The molecule has 0 fully saturated rings. The molecule has 0 spiro atoms. The highest BCUT2D eigenvalue weighted by molar-refractivity contribution is 9.10. The maximum Gasteiger partial charge on any atom is 0.261 e. The average Bonchev–Trinajstić information content (AvgIpc) is 2.72. The van der Waals surface area contributed by atoms with E-state index >= 15 is 0 Å². The van der Waals surface area contributed by atoms with Crippen molar-refractivity contribution in [1.82, 2.24) is 10.2 Å². The van der Waals surface area contributed by atoms with Crippen LogP contribution in [-0.4, -0.2) is 35.9 Å². The van der Waals surface area contributed by atoms with Gasteiger partial charge in [0.1, 0.15) is 11.8 Å². The lowest BCUT2D eigenvalue weighted by Crippen LogP contribution is -2.50. The lowest BCUT2D eigenvalue weighted by Gasteiger charge is -2.31. The van der Waals surface area contributed by atoms with Crippen molar-refractivity contribution in [3.8, 4) is 5.75 Å². The minimum absolute atomic E-state index is 0.150. The summed E-state index contributed by atoms with van der Waals surface area (Å²) in [5.41, 5.74) is 0.952. The Kier molecular flexibility index (Phi) is 9.66. The van der Waals surface area contributed by atoms with Crippen LogP contribution in [-0.2, 0) is 16.1 Å². The van der Waals surface area contributed by atoms with Crippen molar-refractivity contribution in [3.63, 3.8) is 0 Å². The number of benzene rings is 2. The Labute approximate surface area is 191 Å². The summed E-state index contributed by atoms with van der Waals surface area (Å²) in [4.78, 5) is 27.5. The van der Waals surface area contributed by atoms with Crippen molar-refractivity contribution in [2.45, 2.75) is 39.8 Å². The Balaban J connectivity index is 2.18. The molecule has 2 rings (SSSR count). The summed E-state index contributed by atoms with van der Waals surface area (Å²) in [7, 11) is 0. The van der Waals surface area contributed by atoms with E-state index in [0.717, 1.165) is 5.56 Å². The molecule has 1 N–H and O–H groups in total. The molecule has 0 bridgehead atoms. The van der Waals surface area contributed by atoms with Gasteiger partial charge in [-0.3, -0.25) is 9.59 Å². The maximum absolute atomic E-state index is 13.1. The van der Waals surface area contributed by atoms with Crippen LogP contribution in [0.25, 0.3) is 0 Å². The quantitative estimate of drug-likeness (QED) is 0.501. The van der Waals surface area contributed by atoms with Crippen LogP contribution in [0, 0.1) is 5.92 Å². The largest absolute Gasteiger partial charge is 0.483 e. The first kappa shape index (κ1) is 24.2. The second-order valence-corrected chi connectivity index (χ2v) is 8.72. The van der Waals surface area contributed by atoms with Gasteiger partial charge in [0.2, 0.25) is 5.91 Å². The highest BCUT2D eigenvalue weighted by Gasteiger charge is 2.29.